The van der Waals surface area contributed by atoms with Crippen LogP contribution in [0.3, 0.4) is 0 Å². The molecule has 19 heavy (non-hydrogen) atoms. The molecular weight excluding hydrogens is 267 g/mol. The molecule has 0 aromatic carbocycles. The molecule has 1 rings (SSSR count). The van der Waals surface area contributed by atoms with E-state index in [1.54, 1.807) is 19.0 Å². The van der Waals surface area contributed by atoms with Gasteiger partial charge >= 0.3 is 18.2 Å². The Kier molecular flexibility index (Phi) is 6.60. The minimum Gasteiger partial charge on any atom is -0.475 e. The highest BCUT2D eigenvalue weighted by molar-refractivity contribution is 5.74. The zero-order valence-corrected chi connectivity index (χ0v) is 11.0. The number of rotatable bonds is 0. The maximum Gasteiger partial charge on any atom is 0.490 e. The Morgan fingerprint density at radius 3 is 2.16 bits per heavy atom. The molecular formula is C10H18F3N3O3. The van der Waals surface area contributed by atoms with Crippen LogP contribution in [0.25, 0.3) is 0 Å². The van der Waals surface area contributed by atoms with Crippen LogP contribution in [0.2, 0.25) is 0 Å². The molecule has 9 heteroatoms. The van der Waals surface area contributed by atoms with Crippen LogP contribution < -0.4 is 5.32 Å². The third-order valence-corrected chi connectivity index (χ3v) is 2.37. The Hall–Kier alpha value is -1.51. The van der Waals surface area contributed by atoms with Crippen LogP contribution in [0, 0.1) is 0 Å². The van der Waals surface area contributed by atoms with E-state index in [9.17, 15) is 18.0 Å². The van der Waals surface area contributed by atoms with E-state index in [2.05, 4.69) is 12.2 Å². The number of carbonyl (C=O) groups excluding carboxylic acids is 1. The van der Waals surface area contributed by atoms with Crippen molar-refractivity contribution in [2.45, 2.75) is 19.1 Å². The monoisotopic (exact) mass is 285 g/mol. The highest BCUT2D eigenvalue weighted by Crippen LogP contribution is 2.13. The van der Waals surface area contributed by atoms with Crippen molar-refractivity contribution >= 4 is 12.0 Å². The minimum absolute atomic E-state index is 0.115. The molecule has 2 N–H and O–H groups in total. The van der Waals surface area contributed by atoms with Gasteiger partial charge in [-0.15, -0.1) is 0 Å². The number of carboxylic acids is 1. The quantitative estimate of drug-likeness (QED) is 0.683. The van der Waals surface area contributed by atoms with Gasteiger partial charge in [-0.2, -0.15) is 13.2 Å². The summed E-state index contributed by atoms with van der Waals surface area (Å²) in [6.07, 6.45) is -5.08. The second-order valence-corrected chi connectivity index (χ2v) is 4.23. The van der Waals surface area contributed by atoms with Crippen LogP contribution in [0.4, 0.5) is 18.0 Å². The van der Waals surface area contributed by atoms with E-state index in [1.165, 1.54) is 0 Å². The zero-order chi connectivity index (χ0) is 15.2. The van der Waals surface area contributed by atoms with Crippen molar-refractivity contribution in [2.75, 3.05) is 33.7 Å². The summed E-state index contributed by atoms with van der Waals surface area (Å²) in [5, 5.41) is 10.4. The fraction of sp³-hybridized carbons (Fsp3) is 0.800. The van der Waals surface area contributed by atoms with E-state index in [0.29, 0.717) is 6.04 Å². The predicted octanol–water partition coefficient (Wildman–Crippen LogP) is 0.595. The lowest BCUT2D eigenvalue weighted by atomic mass is 10.2. The van der Waals surface area contributed by atoms with Crippen molar-refractivity contribution in [3.63, 3.8) is 0 Å². The normalized spacial score (nSPS) is 19.3. The van der Waals surface area contributed by atoms with Crippen LogP contribution >= 0.6 is 0 Å². The van der Waals surface area contributed by atoms with E-state index in [4.69, 9.17) is 9.90 Å². The molecule has 0 unspecified atom stereocenters. The first-order chi connectivity index (χ1) is 8.57. The Balaban J connectivity index is 0.000000399. The number of hydrogen-bond donors (Lipinski definition) is 2. The fourth-order valence-corrected chi connectivity index (χ4v) is 1.38. The van der Waals surface area contributed by atoms with Gasteiger partial charge in [0.2, 0.25) is 0 Å². The second-order valence-electron chi connectivity index (χ2n) is 4.23. The van der Waals surface area contributed by atoms with Gasteiger partial charge in [-0.05, 0) is 6.92 Å². The number of nitrogens with one attached hydrogen (secondary N) is 1. The van der Waals surface area contributed by atoms with Crippen LogP contribution in [0.5, 0.6) is 0 Å². The average Bonchev–Trinajstić information content (AvgIpc) is 2.28. The number of hydrogen-bond acceptors (Lipinski definition) is 3. The molecule has 0 radical (unpaired) electrons. The number of carboxylic acid groups (broad SMARTS) is 1. The van der Waals surface area contributed by atoms with E-state index >= 15 is 0 Å². The first kappa shape index (κ1) is 17.5. The van der Waals surface area contributed by atoms with Crippen LogP contribution in [-0.2, 0) is 4.79 Å². The van der Waals surface area contributed by atoms with Crippen molar-refractivity contribution in [2.24, 2.45) is 0 Å². The molecule has 6 nitrogen and oxygen atoms in total. The lowest BCUT2D eigenvalue weighted by Gasteiger charge is -2.35. The zero-order valence-electron chi connectivity index (χ0n) is 11.0. The Bertz CT molecular complexity index is 321. The van der Waals surface area contributed by atoms with Gasteiger partial charge in [0.05, 0.1) is 0 Å². The van der Waals surface area contributed by atoms with Crippen molar-refractivity contribution in [1.29, 1.82) is 0 Å². The summed E-state index contributed by atoms with van der Waals surface area (Å²) in [4.78, 5) is 24.0. The minimum atomic E-state index is -5.08. The molecule has 0 aliphatic carbocycles. The number of carbonyl (C=O) groups is 2. The van der Waals surface area contributed by atoms with Gasteiger partial charge in [-0.1, -0.05) is 0 Å². The fourth-order valence-electron chi connectivity index (χ4n) is 1.38. The van der Waals surface area contributed by atoms with Crippen LogP contribution in [0.1, 0.15) is 6.92 Å². The number of halogens is 3. The highest BCUT2D eigenvalue weighted by Gasteiger charge is 2.38. The van der Waals surface area contributed by atoms with Crippen LogP contribution in [-0.4, -0.2) is 72.9 Å². The number of piperazine rings is 1. The van der Waals surface area contributed by atoms with Gasteiger partial charge in [-0.25, -0.2) is 9.59 Å². The molecule has 0 aromatic heterocycles. The largest absolute Gasteiger partial charge is 0.490 e. The molecule has 2 amide bonds. The van der Waals surface area contributed by atoms with Gasteiger partial charge < -0.3 is 20.2 Å². The summed E-state index contributed by atoms with van der Waals surface area (Å²) >= 11 is 0. The van der Waals surface area contributed by atoms with Gasteiger partial charge in [0.15, 0.2) is 0 Å². The molecule has 1 atom stereocenters. The molecule has 1 saturated heterocycles. The SMILES string of the molecule is C[C@H]1CNCCN1C(=O)N(C)C.O=C(O)C(F)(F)F. The lowest BCUT2D eigenvalue weighted by Crippen LogP contribution is -2.54. The molecule has 1 aliphatic rings. The Labute approximate surface area is 109 Å². The molecule has 0 saturated carbocycles. The molecule has 0 aromatic rings. The Morgan fingerprint density at radius 1 is 1.37 bits per heavy atom. The molecule has 112 valence electrons. The van der Waals surface area contributed by atoms with E-state index in [1.807, 2.05) is 4.90 Å². The first-order valence-corrected chi connectivity index (χ1v) is 5.56. The third kappa shape index (κ3) is 6.27. The Morgan fingerprint density at radius 2 is 1.84 bits per heavy atom. The number of aliphatic carboxylic acids is 1. The highest BCUT2D eigenvalue weighted by atomic mass is 19.4. The number of urea groups is 1. The van der Waals surface area contributed by atoms with E-state index in [0.717, 1.165) is 19.6 Å². The summed E-state index contributed by atoms with van der Waals surface area (Å²) in [5.74, 6) is -2.76. The second kappa shape index (κ2) is 7.17. The smallest absolute Gasteiger partial charge is 0.475 e. The number of nitrogens with zero attached hydrogens (tertiary/aromatic N) is 2. The summed E-state index contributed by atoms with van der Waals surface area (Å²) in [6, 6.07) is 0.428. The standard InChI is InChI=1S/C8H17N3O.C2HF3O2/c1-7-6-9-4-5-11(7)8(12)10(2)3;3-2(4,5)1(6)7/h7,9H,4-6H2,1-3H3;(H,6,7)/t7-;/m0./s1. The number of alkyl halides is 3. The lowest BCUT2D eigenvalue weighted by molar-refractivity contribution is -0.192. The third-order valence-electron chi connectivity index (χ3n) is 2.37. The summed E-state index contributed by atoms with van der Waals surface area (Å²) in [6.45, 7) is 4.69. The average molecular weight is 285 g/mol. The van der Waals surface area contributed by atoms with Gasteiger partial charge in [0.25, 0.3) is 0 Å². The molecule has 1 aliphatic heterocycles. The molecule has 1 heterocycles. The topological polar surface area (TPSA) is 72.9 Å². The van der Waals surface area contributed by atoms with E-state index < -0.39 is 12.1 Å². The maximum atomic E-state index is 11.5. The van der Waals surface area contributed by atoms with Crippen molar-refractivity contribution in [1.82, 2.24) is 15.1 Å². The van der Waals surface area contributed by atoms with E-state index in [-0.39, 0.29) is 6.03 Å². The first-order valence-electron chi connectivity index (χ1n) is 5.56. The summed E-state index contributed by atoms with van der Waals surface area (Å²) < 4.78 is 31.7. The maximum absolute atomic E-state index is 11.5. The van der Waals surface area contributed by atoms with Crippen molar-refractivity contribution < 1.29 is 27.9 Å². The molecule has 1 fully saturated rings. The van der Waals surface area contributed by atoms with Gasteiger partial charge in [0.1, 0.15) is 0 Å². The molecule has 0 bridgehead atoms. The van der Waals surface area contributed by atoms with Crippen molar-refractivity contribution in [3.05, 3.63) is 0 Å². The van der Waals surface area contributed by atoms with Crippen LogP contribution in [0.15, 0.2) is 0 Å². The van der Waals surface area contributed by atoms with Gasteiger partial charge in [0, 0.05) is 39.8 Å². The van der Waals surface area contributed by atoms with Crippen molar-refractivity contribution in [3.8, 4) is 0 Å². The summed E-state index contributed by atoms with van der Waals surface area (Å²) in [7, 11) is 3.58. The number of amides is 2. The summed E-state index contributed by atoms with van der Waals surface area (Å²) in [5.41, 5.74) is 0. The molecule has 0 spiro atoms. The van der Waals surface area contributed by atoms with Gasteiger partial charge in [-0.3, -0.25) is 0 Å². The predicted molar refractivity (Wildman–Crippen MR) is 61.8 cm³/mol.